The van der Waals surface area contributed by atoms with Gasteiger partial charge in [0.2, 0.25) is 0 Å². The third-order valence-corrected chi connectivity index (χ3v) is 7.30. The molecule has 0 aromatic heterocycles. The van der Waals surface area contributed by atoms with Crippen molar-refractivity contribution in [1.82, 2.24) is 10.6 Å². The van der Waals surface area contributed by atoms with Crippen molar-refractivity contribution in [3.05, 3.63) is 58.7 Å². The first-order valence-corrected chi connectivity index (χ1v) is 12.5. The number of aliphatic hydroxyl groups is 4. The van der Waals surface area contributed by atoms with Crippen molar-refractivity contribution in [1.29, 1.82) is 0 Å². The predicted molar refractivity (Wildman–Crippen MR) is 151 cm³/mol. The van der Waals surface area contributed by atoms with Crippen LogP contribution in [0.2, 0.25) is 0 Å². The highest BCUT2D eigenvalue weighted by Crippen LogP contribution is 2.46. The molecular formula is C25H37IN2O7S. The molecule has 0 unspecified atom stereocenters. The lowest BCUT2D eigenvalue weighted by Crippen LogP contribution is -2.51. The molecule has 0 aliphatic carbocycles. The van der Waals surface area contributed by atoms with Crippen LogP contribution >= 0.6 is 35.7 Å². The monoisotopic (exact) mass is 636 g/mol. The third-order valence-electron chi connectivity index (χ3n) is 5.70. The van der Waals surface area contributed by atoms with Crippen molar-refractivity contribution in [3.8, 4) is 11.5 Å². The number of carbonyl (C=O) groups excluding carboxylic acids is 1. The average molecular weight is 637 g/mol. The summed E-state index contributed by atoms with van der Waals surface area (Å²) in [6, 6.07) is 10.5. The molecule has 0 radical (unpaired) electrons. The molecule has 0 saturated carbocycles. The molecule has 9 nitrogen and oxygen atoms in total. The fraction of sp³-hybridized carbons (Fsp3) is 0.480. The van der Waals surface area contributed by atoms with Crippen molar-refractivity contribution in [2.24, 2.45) is 0 Å². The van der Waals surface area contributed by atoms with Crippen molar-refractivity contribution >= 4 is 41.8 Å². The highest BCUT2D eigenvalue weighted by Gasteiger charge is 2.44. The molecule has 7 N–H and O–H groups in total. The van der Waals surface area contributed by atoms with Gasteiger partial charge in [0.05, 0.1) is 29.3 Å². The fourth-order valence-corrected chi connectivity index (χ4v) is 5.17. The Morgan fingerprint density at radius 1 is 1.06 bits per heavy atom. The van der Waals surface area contributed by atoms with Gasteiger partial charge in [0.1, 0.15) is 17.6 Å². The molecule has 1 fully saturated rings. The first-order chi connectivity index (χ1) is 16.7. The maximum atomic E-state index is 11.2. The van der Waals surface area contributed by atoms with E-state index in [4.69, 9.17) is 4.74 Å². The van der Waals surface area contributed by atoms with E-state index in [2.05, 4.69) is 10.6 Å². The topological polar surface area (TPSA) is 152 Å². The van der Waals surface area contributed by atoms with Crippen molar-refractivity contribution < 1.29 is 35.1 Å². The molecule has 1 aliphatic heterocycles. The van der Waals surface area contributed by atoms with Crippen LogP contribution in [0.15, 0.2) is 36.4 Å². The minimum atomic E-state index is -1.43. The maximum absolute atomic E-state index is 11.2. The van der Waals surface area contributed by atoms with Gasteiger partial charge in [-0.1, -0.05) is 32.0 Å². The smallest absolute Gasteiger partial charge is 0.317 e. The number of aliphatic hydroxyl groups excluding tert-OH is 4. The van der Waals surface area contributed by atoms with Crippen LogP contribution in [-0.4, -0.2) is 75.5 Å². The van der Waals surface area contributed by atoms with Gasteiger partial charge in [-0.2, -0.15) is 0 Å². The Morgan fingerprint density at radius 3 is 2.28 bits per heavy atom. The van der Waals surface area contributed by atoms with E-state index in [1.165, 1.54) is 7.05 Å². The largest absolute Gasteiger partial charge is 0.508 e. The predicted octanol–water partition coefficient (Wildman–Crippen LogP) is 2.43. The summed E-state index contributed by atoms with van der Waals surface area (Å²) in [7, 11) is 1.52. The SMILES string of the molecule is CC.CNC(=O)NCOc1ccc(Cc2cc([C@@H]3S[C@H](CO)[C@@H](O)[C@H](O)[C@H]3O)c(O)cc2C)cc1.I. The van der Waals surface area contributed by atoms with Gasteiger partial charge in [-0.05, 0) is 48.2 Å². The van der Waals surface area contributed by atoms with Crippen LogP contribution < -0.4 is 15.4 Å². The number of ether oxygens (including phenoxy) is 1. The number of aromatic hydroxyl groups is 1. The molecule has 36 heavy (non-hydrogen) atoms. The summed E-state index contributed by atoms with van der Waals surface area (Å²) in [5.74, 6) is 0.586. The second-order valence-corrected chi connectivity index (χ2v) is 9.34. The number of carbonyl (C=O) groups is 1. The van der Waals surface area contributed by atoms with Gasteiger partial charge in [-0.25, -0.2) is 4.79 Å². The molecule has 2 aromatic rings. The van der Waals surface area contributed by atoms with Gasteiger partial charge in [-0.3, -0.25) is 0 Å². The molecule has 2 amide bonds. The number of hydrogen-bond acceptors (Lipinski definition) is 8. The molecule has 1 heterocycles. The van der Waals surface area contributed by atoms with Crippen molar-refractivity contribution in [3.63, 3.8) is 0 Å². The third kappa shape index (κ3) is 8.12. The number of hydrogen-bond donors (Lipinski definition) is 7. The molecule has 0 spiro atoms. The number of urea groups is 1. The van der Waals surface area contributed by atoms with Crippen LogP contribution in [0.3, 0.4) is 0 Å². The number of rotatable bonds is 7. The Balaban J connectivity index is 0.00000211. The minimum Gasteiger partial charge on any atom is -0.508 e. The normalized spacial score (nSPS) is 22.9. The summed E-state index contributed by atoms with van der Waals surface area (Å²) in [4.78, 5) is 11.2. The minimum absolute atomic E-state index is 0. The Hall–Kier alpha value is -1.77. The fourth-order valence-electron chi connectivity index (χ4n) is 3.73. The van der Waals surface area contributed by atoms with Gasteiger partial charge in [0, 0.05) is 12.6 Å². The lowest BCUT2D eigenvalue weighted by atomic mass is 9.92. The van der Waals surface area contributed by atoms with Gasteiger partial charge < -0.3 is 40.9 Å². The summed E-state index contributed by atoms with van der Waals surface area (Å²) >= 11 is 1.13. The summed E-state index contributed by atoms with van der Waals surface area (Å²) in [6.07, 6.45) is -3.43. The standard InChI is InChI=1S/C23H30N2O7S.C2H6.HI/c1-12-7-17(27)16(22-21(30)20(29)19(28)18(10-26)33-22)9-14(12)8-13-3-5-15(6-4-13)32-11-25-23(31)24-2;1-2;/h3-7,9,18-22,26-30H,8,10-11H2,1-2H3,(H2,24,25,31);1-2H3;1H/t18-,19-,20+,21-,22+;;/m1../s1. The van der Waals surface area contributed by atoms with Crippen molar-refractivity contribution in [2.45, 2.75) is 56.0 Å². The van der Waals surface area contributed by atoms with E-state index in [0.29, 0.717) is 17.7 Å². The number of benzene rings is 2. The number of phenols is 1. The molecule has 11 heteroatoms. The van der Waals surface area contributed by atoms with E-state index in [9.17, 15) is 30.3 Å². The Morgan fingerprint density at radius 2 is 1.69 bits per heavy atom. The van der Waals surface area contributed by atoms with Gasteiger partial charge in [-0.15, -0.1) is 35.7 Å². The van der Waals surface area contributed by atoms with Crippen LogP contribution in [0.5, 0.6) is 11.5 Å². The molecule has 2 aromatic carbocycles. The first kappa shape index (κ1) is 32.3. The van der Waals surface area contributed by atoms with Crippen LogP contribution in [0, 0.1) is 6.92 Å². The zero-order chi connectivity index (χ0) is 26.1. The summed E-state index contributed by atoms with van der Waals surface area (Å²) in [5.41, 5.74) is 3.22. The second kappa shape index (κ2) is 15.5. The van der Waals surface area contributed by atoms with Crippen LogP contribution in [0.25, 0.3) is 0 Å². The van der Waals surface area contributed by atoms with E-state index in [-0.39, 0.29) is 49.1 Å². The summed E-state index contributed by atoms with van der Waals surface area (Å²) in [6.45, 7) is 5.55. The van der Waals surface area contributed by atoms with E-state index < -0.39 is 28.8 Å². The molecule has 1 saturated heterocycles. The first-order valence-electron chi connectivity index (χ1n) is 11.5. The number of aryl methyl sites for hydroxylation is 1. The number of thioether (sulfide) groups is 1. The second-order valence-electron chi connectivity index (χ2n) is 7.95. The Labute approximate surface area is 233 Å². The summed E-state index contributed by atoms with van der Waals surface area (Å²) < 4.78 is 5.47. The Bertz CT molecular complexity index is 962. The molecule has 0 bridgehead atoms. The molecule has 1 aliphatic rings. The van der Waals surface area contributed by atoms with Crippen LogP contribution in [0.1, 0.15) is 41.4 Å². The lowest BCUT2D eigenvalue weighted by molar-refractivity contribution is -0.0701. The van der Waals surface area contributed by atoms with Gasteiger partial charge in [0.15, 0.2) is 6.73 Å². The number of amides is 2. The average Bonchev–Trinajstić information content (AvgIpc) is 2.87. The van der Waals surface area contributed by atoms with Gasteiger partial charge in [0.25, 0.3) is 0 Å². The zero-order valence-corrected chi connectivity index (χ0v) is 24.0. The van der Waals surface area contributed by atoms with Crippen LogP contribution in [0.4, 0.5) is 4.79 Å². The van der Waals surface area contributed by atoms with Gasteiger partial charge >= 0.3 is 6.03 Å². The molecule has 202 valence electrons. The molecular weight excluding hydrogens is 599 g/mol. The molecule has 5 atom stereocenters. The lowest BCUT2D eigenvalue weighted by Gasteiger charge is -2.40. The van der Waals surface area contributed by atoms with E-state index in [1.54, 1.807) is 24.3 Å². The summed E-state index contributed by atoms with van der Waals surface area (Å²) in [5, 5.41) is 54.5. The van der Waals surface area contributed by atoms with E-state index in [1.807, 2.05) is 32.9 Å². The van der Waals surface area contributed by atoms with Crippen LogP contribution in [-0.2, 0) is 6.42 Å². The quantitative estimate of drug-likeness (QED) is 0.181. The Kier molecular flexibility index (Phi) is 13.9. The highest BCUT2D eigenvalue weighted by molar-refractivity contribution is 14.0. The number of halogens is 1. The zero-order valence-electron chi connectivity index (χ0n) is 20.8. The number of phenolic OH excluding ortho intramolecular Hbond substituents is 1. The van der Waals surface area contributed by atoms with E-state index >= 15 is 0 Å². The maximum Gasteiger partial charge on any atom is 0.317 e. The number of nitrogens with one attached hydrogen (secondary N) is 2. The van der Waals surface area contributed by atoms with Crippen molar-refractivity contribution in [2.75, 3.05) is 20.4 Å². The highest BCUT2D eigenvalue weighted by atomic mass is 127. The van der Waals surface area contributed by atoms with E-state index in [0.717, 1.165) is 28.5 Å². The molecule has 3 rings (SSSR count).